The van der Waals surface area contributed by atoms with Gasteiger partial charge in [-0.1, -0.05) is 80.3 Å². The first kappa shape index (κ1) is 25.9. The van der Waals surface area contributed by atoms with E-state index in [9.17, 15) is 4.79 Å². The van der Waals surface area contributed by atoms with Gasteiger partial charge < -0.3 is 16.4 Å². The molecule has 1 atom stereocenters. The maximum Gasteiger partial charge on any atom is 0.274 e. The fourth-order valence-electron chi connectivity index (χ4n) is 5.38. The maximum atomic E-state index is 13.5. The molecule has 6 nitrogen and oxygen atoms in total. The minimum Gasteiger partial charge on any atom is -0.326 e. The summed E-state index contributed by atoms with van der Waals surface area (Å²) in [6, 6.07) is 28.9. The average Bonchev–Trinajstić information content (AvgIpc) is 3.16. The van der Waals surface area contributed by atoms with Crippen LogP contribution in [0.5, 0.6) is 0 Å². The van der Waals surface area contributed by atoms with Gasteiger partial charge in [-0.05, 0) is 66.8 Å². The van der Waals surface area contributed by atoms with E-state index in [1.54, 1.807) is 4.68 Å². The molecule has 38 heavy (non-hydrogen) atoms. The average molecular weight is 508 g/mol. The molecule has 0 bridgehead atoms. The smallest absolute Gasteiger partial charge is 0.274 e. The Hall–Kier alpha value is -3.74. The van der Waals surface area contributed by atoms with E-state index in [2.05, 4.69) is 58.2 Å². The molecule has 1 aliphatic rings. The lowest BCUT2D eigenvalue weighted by Gasteiger charge is -2.26. The third kappa shape index (κ3) is 6.21. The van der Waals surface area contributed by atoms with Crippen molar-refractivity contribution < 1.29 is 4.79 Å². The Morgan fingerprint density at radius 2 is 1.66 bits per heavy atom. The summed E-state index contributed by atoms with van der Waals surface area (Å²) in [5.74, 6) is -0.200. The minimum absolute atomic E-state index is 0.0583. The summed E-state index contributed by atoms with van der Waals surface area (Å²) in [6.45, 7) is 2.32. The molecular weight excluding hydrogens is 470 g/mol. The second-order valence-electron chi connectivity index (χ2n) is 10.2. The number of aryl methyl sites for hydroxylation is 1. The highest BCUT2D eigenvalue weighted by Gasteiger charge is 2.21. The van der Waals surface area contributed by atoms with Crippen LogP contribution in [0.3, 0.4) is 0 Å². The third-order valence-electron chi connectivity index (χ3n) is 7.32. The number of anilines is 1. The zero-order valence-corrected chi connectivity index (χ0v) is 22.1. The van der Waals surface area contributed by atoms with Crippen LogP contribution in [0.15, 0.2) is 84.9 Å². The number of amides is 1. The van der Waals surface area contributed by atoms with Crippen molar-refractivity contribution in [2.45, 2.75) is 64.1 Å². The van der Waals surface area contributed by atoms with Gasteiger partial charge in [-0.15, -0.1) is 0 Å². The fraction of sp³-hybridized carbons (Fsp3) is 0.312. The van der Waals surface area contributed by atoms with Gasteiger partial charge in [0.15, 0.2) is 0 Å². The largest absolute Gasteiger partial charge is 0.326 e. The van der Waals surface area contributed by atoms with Crippen LogP contribution in [0.25, 0.3) is 5.69 Å². The molecule has 1 amide bonds. The minimum atomic E-state index is -0.200. The van der Waals surface area contributed by atoms with Crippen LogP contribution in [-0.4, -0.2) is 21.7 Å². The highest BCUT2D eigenvalue weighted by molar-refractivity contribution is 6.03. The number of carbonyl (C=O) groups is 1. The van der Waals surface area contributed by atoms with E-state index >= 15 is 0 Å². The van der Waals surface area contributed by atoms with E-state index in [0.29, 0.717) is 18.3 Å². The molecule has 1 saturated carbocycles. The van der Waals surface area contributed by atoms with Crippen molar-refractivity contribution in [3.05, 3.63) is 113 Å². The molecule has 0 radical (unpaired) electrons. The van der Waals surface area contributed by atoms with Crippen molar-refractivity contribution in [1.82, 2.24) is 15.1 Å². The van der Waals surface area contributed by atoms with Crippen LogP contribution < -0.4 is 16.4 Å². The molecule has 4 aromatic rings. The number of benzene rings is 3. The van der Waals surface area contributed by atoms with Crippen LogP contribution in [0.1, 0.15) is 77.4 Å². The molecule has 0 spiro atoms. The van der Waals surface area contributed by atoms with Gasteiger partial charge in [-0.25, -0.2) is 4.68 Å². The first-order valence-corrected chi connectivity index (χ1v) is 13.7. The summed E-state index contributed by atoms with van der Waals surface area (Å²) in [5, 5.41) is 11.6. The standard InChI is InChI=1S/C32H37N5O/c1-23-19-30(37(36-23)29-18-9-11-24(20-29)22-33)32(38)35-28-17-10-14-26(21-28)31(25-12-5-4-6-13-25)34-27-15-7-2-3-8-16-27/h4-6,9-14,17-21,27,31,34H,2-3,7-8,15-16,22,33H2,1H3,(H,35,38). The maximum absolute atomic E-state index is 13.5. The number of nitrogens with one attached hydrogen (secondary N) is 2. The molecule has 1 unspecified atom stereocenters. The summed E-state index contributed by atoms with van der Waals surface area (Å²) >= 11 is 0. The van der Waals surface area contributed by atoms with Crippen molar-refractivity contribution in [2.75, 3.05) is 5.32 Å². The van der Waals surface area contributed by atoms with Gasteiger partial charge in [-0.3, -0.25) is 4.79 Å². The molecule has 1 fully saturated rings. The molecule has 4 N–H and O–H groups in total. The molecule has 6 heteroatoms. The number of nitrogens with zero attached hydrogens (tertiary/aromatic N) is 2. The molecule has 1 aromatic heterocycles. The Kier molecular flexibility index (Phi) is 8.31. The second kappa shape index (κ2) is 12.2. The quantitative estimate of drug-likeness (QED) is 0.245. The lowest BCUT2D eigenvalue weighted by Crippen LogP contribution is -2.33. The second-order valence-corrected chi connectivity index (χ2v) is 10.2. The Morgan fingerprint density at radius 3 is 2.42 bits per heavy atom. The van der Waals surface area contributed by atoms with Gasteiger partial charge in [0.25, 0.3) is 5.91 Å². The highest BCUT2D eigenvalue weighted by atomic mass is 16.2. The molecule has 1 aliphatic carbocycles. The lowest BCUT2D eigenvalue weighted by atomic mass is 9.96. The highest BCUT2D eigenvalue weighted by Crippen LogP contribution is 2.28. The monoisotopic (exact) mass is 507 g/mol. The van der Waals surface area contributed by atoms with E-state index < -0.39 is 0 Å². The van der Waals surface area contributed by atoms with Gasteiger partial charge >= 0.3 is 0 Å². The van der Waals surface area contributed by atoms with Gasteiger partial charge in [0.1, 0.15) is 5.69 Å². The zero-order chi connectivity index (χ0) is 26.3. The molecule has 3 aromatic carbocycles. The van der Waals surface area contributed by atoms with E-state index in [-0.39, 0.29) is 11.9 Å². The van der Waals surface area contributed by atoms with Crippen LogP contribution in [0, 0.1) is 6.92 Å². The van der Waals surface area contributed by atoms with Gasteiger partial charge in [0.2, 0.25) is 0 Å². The van der Waals surface area contributed by atoms with Gasteiger partial charge in [-0.2, -0.15) is 5.10 Å². The first-order chi connectivity index (χ1) is 18.6. The SMILES string of the molecule is Cc1cc(C(=O)Nc2cccc(C(NC3CCCCCC3)c3ccccc3)c2)n(-c2cccc(CN)c2)n1. The molecule has 0 aliphatic heterocycles. The van der Waals surface area contributed by atoms with Crippen molar-refractivity contribution in [3.63, 3.8) is 0 Å². The summed E-state index contributed by atoms with van der Waals surface area (Å²) in [6.07, 6.45) is 7.60. The third-order valence-corrected chi connectivity index (χ3v) is 7.32. The fourth-order valence-corrected chi connectivity index (χ4v) is 5.38. The molecular formula is C32H37N5O. The number of carbonyl (C=O) groups excluding carboxylic acids is 1. The molecule has 1 heterocycles. The summed E-state index contributed by atoms with van der Waals surface area (Å²) < 4.78 is 1.69. The van der Waals surface area contributed by atoms with Gasteiger partial charge in [0, 0.05) is 18.3 Å². The molecule has 0 saturated heterocycles. The zero-order valence-electron chi connectivity index (χ0n) is 22.1. The van der Waals surface area contributed by atoms with E-state index in [1.165, 1.54) is 44.1 Å². The Balaban J connectivity index is 1.40. The van der Waals surface area contributed by atoms with Crippen LogP contribution in [0.2, 0.25) is 0 Å². The molecule has 5 rings (SSSR count). The number of hydrogen-bond donors (Lipinski definition) is 3. The summed E-state index contributed by atoms with van der Waals surface area (Å²) in [5.41, 5.74) is 12.0. The van der Waals surface area contributed by atoms with Crippen LogP contribution in [-0.2, 0) is 6.54 Å². The number of aromatic nitrogens is 2. The predicted molar refractivity (Wildman–Crippen MR) is 153 cm³/mol. The number of rotatable bonds is 8. The van der Waals surface area contributed by atoms with Gasteiger partial charge in [0.05, 0.1) is 17.4 Å². The van der Waals surface area contributed by atoms with Crippen molar-refractivity contribution in [1.29, 1.82) is 0 Å². The van der Waals surface area contributed by atoms with E-state index in [4.69, 9.17) is 5.73 Å². The predicted octanol–water partition coefficient (Wildman–Crippen LogP) is 6.29. The lowest BCUT2D eigenvalue weighted by molar-refractivity contribution is 0.101. The topological polar surface area (TPSA) is 85.0 Å². The van der Waals surface area contributed by atoms with Crippen LogP contribution >= 0.6 is 0 Å². The summed E-state index contributed by atoms with van der Waals surface area (Å²) in [4.78, 5) is 13.5. The van der Waals surface area contributed by atoms with Crippen molar-refractivity contribution >= 4 is 11.6 Å². The van der Waals surface area contributed by atoms with E-state index in [1.807, 2.05) is 49.4 Å². The van der Waals surface area contributed by atoms with Crippen LogP contribution in [0.4, 0.5) is 5.69 Å². The van der Waals surface area contributed by atoms with E-state index in [0.717, 1.165) is 28.2 Å². The van der Waals surface area contributed by atoms with Crippen molar-refractivity contribution in [2.24, 2.45) is 5.73 Å². The first-order valence-electron chi connectivity index (χ1n) is 13.7. The Morgan fingerprint density at radius 1 is 0.921 bits per heavy atom. The molecule has 196 valence electrons. The Labute approximate surface area is 225 Å². The Bertz CT molecular complexity index is 1360. The number of hydrogen-bond acceptors (Lipinski definition) is 4. The number of nitrogens with two attached hydrogens (primary N) is 1. The normalized spacial score (nSPS) is 15.1. The summed E-state index contributed by atoms with van der Waals surface area (Å²) in [7, 11) is 0. The van der Waals surface area contributed by atoms with Crippen molar-refractivity contribution in [3.8, 4) is 5.69 Å².